The summed E-state index contributed by atoms with van der Waals surface area (Å²) < 4.78 is 6.27. The van der Waals surface area contributed by atoms with Crippen molar-refractivity contribution >= 4 is 21.8 Å². The molecule has 1 aliphatic rings. The first kappa shape index (κ1) is 11.7. The second-order valence-electron chi connectivity index (χ2n) is 3.23. The number of hydrogen-bond donors (Lipinski definition) is 1. The molecule has 4 nitrogen and oxygen atoms in total. The van der Waals surface area contributed by atoms with Crippen LogP contribution in [0.4, 0.5) is 0 Å². The molecular weight excluding hydrogens is 248 g/mol. The van der Waals surface area contributed by atoms with Crippen LogP contribution in [0.1, 0.15) is 0 Å². The van der Waals surface area contributed by atoms with Gasteiger partial charge in [0.1, 0.15) is 6.10 Å². The van der Waals surface area contributed by atoms with Crippen LogP contribution in [0, 0.1) is 0 Å². The van der Waals surface area contributed by atoms with Gasteiger partial charge in [-0.1, -0.05) is 22.5 Å². The molecule has 1 N–H and O–H groups in total. The summed E-state index contributed by atoms with van der Waals surface area (Å²) in [6, 6.07) is 0. The van der Waals surface area contributed by atoms with Gasteiger partial charge in [0, 0.05) is 31.2 Å². The van der Waals surface area contributed by atoms with E-state index in [-0.39, 0.29) is 12.0 Å². The summed E-state index contributed by atoms with van der Waals surface area (Å²) in [5.74, 6) is -0.0603. The quantitative estimate of drug-likeness (QED) is 0.798. The van der Waals surface area contributed by atoms with E-state index in [9.17, 15) is 4.79 Å². The van der Waals surface area contributed by atoms with Crippen LogP contribution in [0.2, 0.25) is 0 Å². The van der Waals surface area contributed by atoms with Crippen molar-refractivity contribution in [2.75, 3.05) is 33.3 Å². The molecule has 0 radical (unpaired) electrons. The van der Waals surface area contributed by atoms with E-state index >= 15 is 0 Å². The minimum Gasteiger partial charge on any atom is -0.366 e. The molecule has 0 bridgehead atoms. The Morgan fingerprint density at radius 2 is 2.50 bits per heavy atom. The Morgan fingerprint density at radius 3 is 3.07 bits per heavy atom. The van der Waals surface area contributed by atoms with Crippen LogP contribution in [0.3, 0.4) is 0 Å². The average Bonchev–Trinajstić information content (AvgIpc) is 2.16. The normalized spacial score (nSPS) is 23.1. The number of ether oxygens (including phenoxy) is 1. The second kappa shape index (κ2) is 5.48. The Hall–Kier alpha value is -0.390. The van der Waals surface area contributed by atoms with Gasteiger partial charge in [-0.3, -0.25) is 9.69 Å². The summed E-state index contributed by atoms with van der Waals surface area (Å²) >= 11 is 3.31. The molecule has 0 aromatic rings. The van der Waals surface area contributed by atoms with Crippen LogP contribution in [-0.2, 0) is 9.53 Å². The zero-order valence-electron chi connectivity index (χ0n) is 8.25. The Bertz CT molecular complexity index is 233. The maximum atomic E-state index is 11.3. The minimum absolute atomic E-state index is 0.0603. The van der Waals surface area contributed by atoms with Gasteiger partial charge in [-0.25, -0.2) is 0 Å². The highest BCUT2D eigenvalue weighted by molar-refractivity contribution is 9.11. The van der Waals surface area contributed by atoms with Crippen LogP contribution in [-0.4, -0.2) is 50.2 Å². The molecule has 1 amide bonds. The van der Waals surface area contributed by atoms with E-state index in [1.807, 2.05) is 0 Å². The maximum absolute atomic E-state index is 11.3. The van der Waals surface area contributed by atoms with Crippen molar-refractivity contribution in [2.45, 2.75) is 6.10 Å². The number of amides is 1. The van der Waals surface area contributed by atoms with E-state index in [0.717, 1.165) is 17.6 Å². The molecule has 0 spiro atoms. The average molecular weight is 263 g/mol. The molecule has 0 saturated carbocycles. The monoisotopic (exact) mass is 262 g/mol. The van der Waals surface area contributed by atoms with Gasteiger partial charge in [-0.05, 0) is 0 Å². The number of rotatable bonds is 3. The molecule has 1 fully saturated rings. The number of nitrogens with one attached hydrogen (secondary N) is 1. The third kappa shape index (κ3) is 3.40. The van der Waals surface area contributed by atoms with Crippen LogP contribution < -0.4 is 5.32 Å². The van der Waals surface area contributed by atoms with E-state index in [4.69, 9.17) is 4.74 Å². The number of carbonyl (C=O) groups is 1. The molecule has 1 heterocycles. The summed E-state index contributed by atoms with van der Waals surface area (Å²) in [6.45, 7) is 6.60. The molecule has 80 valence electrons. The van der Waals surface area contributed by atoms with Crippen molar-refractivity contribution in [1.82, 2.24) is 10.2 Å². The van der Waals surface area contributed by atoms with E-state index in [2.05, 4.69) is 32.7 Å². The topological polar surface area (TPSA) is 41.6 Å². The number of halogens is 1. The van der Waals surface area contributed by atoms with Gasteiger partial charge in [0.15, 0.2) is 0 Å². The third-order valence-electron chi connectivity index (χ3n) is 2.08. The number of carbonyl (C=O) groups excluding carboxylic acids is 1. The number of hydrogen-bond acceptors (Lipinski definition) is 3. The van der Waals surface area contributed by atoms with Crippen molar-refractivity contribution in [1.29, 1.82) is 0 Å². The Kier molecular flexibility index (Phi) is 4.57. The molecule has 5 heteroatoms. The molecule has 1 rings (SSSR count). The molecule has 0 unspecified atom stereocenters. The lowest BCUT2D eigenvalue weighted by Crippen LogP contribution is -2.49. The summed E-state index contributed by atoms with van der Waals surface area (Å²) in [5.41, 5.74) is 0. The summed E-state index contributed by atoms with van der Waals surface area (Å²) in [4.78, 5) is 13.4. The molecule has 1 atom stereocenters. The van der Waals surface area contributed by atoms with Crippen LogP contribution in [0.5, 0.6) is 0 Å². The van der Waals surface area contributed by atoms with Crippen LogP contribution >= 0.6 is 15.9 Å². The van der Waals surface area contributed by atoms with E-state index in [1.54, 1.807) is 7.05 Å². The van der Waals surface area contributed by atoms with E-state index in [0.29, 0.717) is 13.2 Å². The highest BCUT2D eigenvalue weighted by Gasteiger charge is 2.25. The van der Waals surface area contributed by atoms with Gasteiger partial charge in [0.05, 0.1) is 6.61 Å². The Morgan fingerprint density at radius 1 is 1.79 bits per heavy atom. The largest absolute Gasteiger partial charge is 0.366 e. The van der Waals surface area contributed by atoms with E-state index in [1.165, 1.54) is 0 Å². The SMILES string of the molecule is C=C(Br)CN1CCO[C@H](C(=O)NC)C1. The highest BCUT2D eigenvalue weighted by Crippen LogP contribution is 2.10. The van der Waals surface area contributed by atoms with E-state index < -0.39 is 0 Å². The first-order valence-corrected chi connectivity index (χ1v) is 5.31. The molecule has 1 aliphatic heterocycles. The predicted octanol–water partition coefficient (Wildman–Crippen LogP) is 0.342. The van der Waals surface area contributed by atoms with Gasteiger partial charge < -0.3 is 10.1 Å². The lowest BCUT2D eigenvalue weighted by Gasteiger charge is -2.31. The van der Waals surface area contributed by atoms with Crippen molar-refractivity contribution in [3.8, 4) is 0 Å². The standard InChI is InChI=1S/C9H15BrN2O2/c1-7(10)5-12-3-4-14-8(6-12)9(13)11-2/h8H,1,3-6H2,2H3,(H,11,13)/t8-/m0/s1. The van der Waals surface area contributed by atoms with Crippen molar-refractivity contribution < 1.29 is 9.53 Å². The van der Waals surface area contributed by atoms with Gasteiger partial charge >= 0.3 is 0 Å². The first-order chi connectivity index (χ1) is 6.63. The maximum Gasteiger partial charge on any atom is 0.250 e. The second-order valence-corrected chi connectivity index (χ2v) is 4.35. The number of nitrogens with zero attached hydrogens (tertiary/aromatic N) is 1. The van der Waals surface area contributed by atoms with Crippen LogP contribution in [0.25, 0.3) is 0 Å². The van der Waals surface area contributed by atoms with Gasteiger partial charge in [0.25, 0.3) is 0 Å². The summed E-state index contributed by atoms with van der Waals surface area (Å²) in [5, 5.41) is 2.58. The predicted molar refractivity (Wildman–Crippen MR) is 58.3 cm³/mol. The van der Waals surface area contributed by atoms with Gasteiger partial charge in [-0.15, -0.1) is 0 Å². The minimum atomic E-state index is -0.347. The Balaban J connectivity index is 2.43. The highest BCUT2D eigenvalue weighted by atomic mass is 79.9. The molecule has 0 aliphatic carbocycles. The first-order valence-electron chi connectivity index (χ1n) is 4.52. The van der Waals surface area contributed by atoms with Gasteiger partial charge in [-0.2, -0.15) is 0 Å². The number of likely N-dealkylation sites (N-methyl/N-ethyl adjacent to an activating group) is 1. The molecule has 1 saturated heterocycles. The molecule has 0 aromatic heterocycles. The fourth-order valence-corrected chi connectivity index (χ4v) is 1.76. The Labute approximate surface area is 92.4 Å². The van der Waals surface area contributed by atoms with Crippen molar-refractivity contribution in [2.24, 2.45) is 0 Å². The number of morpholine rings is 1. The van der Waals surface area contributed by atoms with Gasteiger partial charge in [0.2, 0.25) is 5.91 Å². The fraction of sp³-hybridized carbons (Fsp3) is 0.667. The smallest absolute Gasteiger partial charge is 0.250 e. The molecule has 14 heavy (non-hydrogen) atoms. The lowest BCUT2D eigenvalue weighted by atomic mass is 10.2. The lowest BCUT2D eigenvalue weighted by molar-refractivity contribution is -0.137. The van der Waals surface area contributed by atoms with Crippen molar-refractivity contribution in [3.63, 3.8) is 0 Å². The zero-order chi connectivity index (χ0) is 10.6. The zero-order valence-corrected chi connectivity index (χ0v) is 9.84. The van der Waals surface area contributed by atoms with Crippen molar-refractivity contribution in [3.05, 3.63) is 11.1 Å². The summed E-state index contributed by atoms with van der Waals surface area (Å²) in [7, 11) is 1.62. The fourth-order valence-electron chi connectivity index (χ4n) is 1.41. The van der Waals surface area contributed by atoms with Crippen LogP contribution in [0.15, 0.2) is 11.1 Å². The molecular formula is C9H15BrN2O2. The molecule has 0 aromatic carbocycles. The third-order valence-corrected chi connectivity index (χ3v) is 2.34. The summed E-state index contributed by atoms with van der Waals surface area (Å²) in [6.07, 6.45) is -0.347.